The summed E-state index contributed by atoms with van der Waals surface area (Å²) in [6, 6.07) is 14.2. The first-order valence-corrected chi connectivity index (χ1v) is 12.0. The van der Waals surface area contributed by atoms with Gasteiger partial charge in [-0.25, -0.2) is 9.59 Å². The minimum atomic E-state index is -1.11. The number of alkyl carbamates (subject to hydrolysis) is 1. The summed E-state index contributed by atoms with van der Waals surface area (Å²) in [6.07, 6.45) is -0.0865. The van der Waals surface area contributed by atoms with E-state index >= 15 is 0 Å². The topological polar surface area (TPSA) is 108 Å². The lowest BCUT2D eigenvalue weighted by atomic mass is 9.98. The minimum Gasteiger partial charge on any atom is -0.480 e. The number of nitrogens with zero attached hydrogens (tertiary/aromatic N) is 1. The van der Waals surface area contributed by atoms with Crippen LogP contribution in [0.25, 0.3) is 11.1 Å². The van der Waals surface area contributed by atoms with Crippen molar-refractivity contribution in [3.8, 4) is 11.1 Å². The lowest BCUT2D eigenvalue weighted by Crippen LogP contribution is -2.52. The van der Waals surface area contributed by atoms with Gasteiger partial charge in [0, 0.05) is 12.5 Å². The van der Waals surface area contributed by atoms with E-state index in [1.165, 1.54) is 0 Å². The first-order chi connectivity index (χ1) is 16.7. The number of rotatable bonds is 11. The van der Waals surface area contributed by atoms with Gasteiger partial charge in [-0.05, 0) is 55.1 Å². The third-order valence-corrected chi connectivity index (χ3v) is 6.14. The first-order valence-electron chi connectivity index (χ1n) is 12.0. The third kappa shape index (κ3) is 6.82. The molecule has 2 aromatic carbocycles. The maximum absolute atomic E-state index is 12.9. The van der Waals surface area contributed by atoms with Crippen LogP contribution in [0.2, 0.25) is 0 Å². The molecule has 0 saturated heterocycles. The highest BCUT2D eigenvalue weighted by molar-refractivity contribution is 5.89. The van der Waals surface area contributed by atoms with Crippen LogP contribution in [0.4, 0.5) is 4.79 Å². The van der Waals surface area contributed by atoms with Gasteiger partial charge in [-0.2, -0.15) is 0 Å². The molecule has 0 aliphatic heterocycles. The molecule has 0 saturated carbocycles. The monoisotopic (exact) mass is 481 g/mol. The van der Waals surface area contributed by atoms with Gasteiger partial charge in [-0.15, -0.1) is 0 Å². The molecule has 0 spiro atoms. The molecule has 0 fully saturated rings. The minimum absolute atomic E-state index is 0.0899. The highest BCUT2D eigenvalue weighted by atomic mass is 16.5. The molecule has 0 aromatic heterocycles. The average molecular weight is 482 g/mol. The van der Waals surface area contributed by atoms with Crippen molar-refractivity contribution in [1.82, 2.24) is 15.5 Å². The van der Waals surface area contributed by atoms with E-state index in [-0.39, 0.29) is 24.9 Å². The molecule has 3 rings (SSSR count). The Balaban J connectivity index is 1.65. The number of carboxylic acid groups (broad SMARTS) is 1. The molecule has 8 nitrogen and oxygen atoms in total. The summed E-state index contributed by atoms with van der Waals surface area (Å²) in [5, 5.41) is 14.7. The Morgan fingerprint density at radius 2 is 1.51 bits per heavy atom. The van der Waals surface area contributed by atoms with E-state index in [1.54, 1.807) is 0 Å². The molecule has 188 valence electrons. The van der Waals surface area contributed by atoms with Crippen LogP contribution in [0.1, 0.15) is 43.7 Å². The van der Waals surface area contributed by atoms with E-state index in [0.29, 0.717) is 13.0 Å². The molecule has 1 aliphatic rings. The third-order valence-electron chi connectivity index (χ3n) is 6.14. The van der Waals surface area contributed by atoms with Crippen molar-refractivity contribution in [3.63, 3.8) is 0 Å². The Bertz CT molecular complexity index is 1010. The second-order valence-corrected chi connectivity index (χ2v) is 9.64. The van der Waals surface area contributed by atoms with Gasteiger partial charge in [-0.3, -0.25) is 4.79 Å². The van der Waals surface area contributed by atoms with E-state index in [2.05, 4.69) is 22.8 Å². The van der Waals surface area contributed by atoms with Gasteiger partial charge in [0.1, 0.15) is 18.7 Å². The molecule has 0 heterocycles. The van der Waals surface area contributed by atoms with Gasteiger partial charge < -0.3 is 25.4 Å². The summed E-state index contributed by atoms with van der Waals surface area (Å²) in [7, 11) is 3.67. The summed E-state index contributed by atoms with van der Waals surface area (Å²) < 4.78 is 5.58. The summed E-state index contributed by atoms with van der Waals surface area (Å²) in [5.41, 5.74) is 4.46. The Morgan fingerprint density at radius 1 is 0.943 bits per heavy atom. The molecule has 1 unspecified atom stereocenters. The Hall–Kier alpha value is -3.39. The van der Waals surface area contributed by atoms with Gasteiger partial charge in [-0.1, -0.05) is 62.4 Å². The van der Waals surface area contributed by atoms with Crippen LogP contribution in [-0.4, -0.2) is 67.3 Å². The number of amides is 2. The quantitative estimate of drug-likeness (QED) is 0.454. The predicted molar refractivity (Wildman–Crippen MR) is 134 cm³/mol. The van der Waals surface area contributed by atoms with Crippen LogP contribution in [0.15, 0.2) is 48.5 Å². The fourth-order valence-electron chi connectivity index (χ4n) is 4.40. The van der Waals surface area contributed by atoms with Crippen LogP contribution in [0, 0.1) is 5.92 Å². The molecule has 2 atom stereocenters. The normalized spacial score (nSPS) is 14.2. The van der Waals surface area contributed by atoms with Gasteiger partial charge in [0.15, 0.2) is 0 Å². The van der Waals surface area contributed by atoms with Crippen molar-refractivity contribution in [1.29, 1.82) is 0 Å². The summed E-state index contributed by atoms with van der Waals surface area (Å²) in [5.74, 6) is -1.62. The SMILES string of the molecule is CC(C)C[C@H](NC(=O)OCC1c2ccccc2-c2ccccc21)C(=O)NC(CCN(C)C)C(=O)O. The molecule has 1 aliphatic carbocycles. The lowest BCUT2D eigenvalue weighted by molar-refractivity contribution is -0.142. The number of carboxylic acids is 1. The predicted octanol–water partition coefficient (Wildman–Crippen LogP) is 3.46. The van der Waals surface area contributed by atoms with Gasteiger partial charge in [0.25, 0.3) is 0 Å². The molecule has 0 radical (unpaired) electrons. The number of carbonyl (C=O) groups is 3. The number of ether oxygens (including phenoxy) is 1. The lowest BCUT2D eigenvalue weighted by Gasteiger charge is -2.23. The standard InChI is InChI=1S/C27H35N3O5/c1-17(2)15-24(25(31)28-23(26(32)33)13-14-30(3)4)29-27(34)35-16-22-20-11-7-5-9-18(20)19-10-6-8-12-21(19)22/h5-12,17,22-24H,13-16H2,1-4H3,(H,28,31)(H,29,34)(H,32,33)/t23?,24-/m0/s1. The van der Waals surface area contributed by atoms with Crippen molar-refractivity contribution < 1.29 is 24.2 Å². The van der Waals surface area contributed by atoms with Gasteiger partial charge in [0.05, 0.1) is 0 Å². The summed E-state index contributed by atoms with van der Waals surface area (Å²) >= 11 is 0. The maximum Gasteiger partial charge on any atom is 0.407 e. The molecule has 2 aromatic rings. The number of aliphatic carboxylic acids is 1. The number of benzene rings is 2. The fourth-order valence-corrected chi connectivity index (χ4v) is 4.40. The van der Waals surface area contributed by atoms with Crippen LogP contribution in [0.3, 0.4) is 0 Å². The second-order valence-electron chi connectivity index (χ2n) is 9.64. The summed E-state index contributed by atoms with van der Waals surface area (Å²) in [4.78, 5) is 39.1. The molecular formula is C27H35N3O5. The molecule has 8 heteroatoms. The summed E-state index contributed by atoms with van der Waals surface area (Å²) in [6.45, 7) is 4.50. The van der Waals surface area contributed by atoms with Gasteiger partial charge in [0.2, 0.25) is 5.91 Å². The van der Waals surface area contributed by atoms with E-state index < -0.39 is 30.1 Å². The number of carbonyl (C=O) groups excluding carboxylic acids is 2. The van der Waals surface area contributed by atoms with E-state index in [0.717, 1.165) is 22.3 Å². The van der Waals surface area contributed by atoms with E-state index in [4.69, 9.17) is 4.74 Å². The van der Waals surface area contributed by atoms with Gasteiger partial charge >= 0.3 is 12.1 Å². The zero-order chi connectivity index (χ0) is 25.5. The van der Waals surface area contributed by atoms with Crippen molar-refractivity contribution >= 4 is 18.0 Å². The van der Waals surface area contributed by atoms with E-state index in [1.807, 2.05) is 69.2 Å². The molecule has 0 bridgehead atoms. The van der Waals surface area contributed by atoms with E-state index in [9.17, 15) is 19.5 Å². The molecule has 3 N–H and O–H groups in total. The highest BCUT2D eigenvalue weighted by Crippen LogP contribution is 2.44. The molecule has 2 amide bonds. The molecule has 35 heavy (non-hydrogen) atoms. The second kappa shape index (κ2) is 11.8. The zero-order valence-electron chi connectivity index (χ0n) is 20.8. The van der Waals surface area contributed by atoms with Crippen molar-refractivity contribution in [2.45, 2.75) is 44.7 Å². The smallest absolute Gasteiger partial charge is 0.407 e. The fraction of sp³-hybridized carbons (Fsp3) is 0.444. The zero-order valence-corrected chi connectivity index (χ0v) is 20.8. The Kier molecular flexibility index (Phi) is 8.87. The van der Waals surface area contributed by atoms with Crippen molar-refractivity contribution in [2.24, 2.45) is 5.92 Å². The first kappa shape index (κ1) is 26.2. The Labute approximate surface area is 206 Å². The maximum atomic E-state index is 12.9. The van der Waals surface area contributed by atoms with Crippen LogP contribution >= 0.6 is 0 Å². The van der Waals surface area contributed by atoms with Crippen LogP contribution in [-0.2, 0) is 14.3 Å². The average Bonchev–Trinajstić information content (AvgIpc) is 3.13. The number of nitrogens with one attached hydrogen (secondary N) is 2. The largest absolute Gasteiger partial charge is 0.480 e. The number of fused-ring (bicyclic) bond motifs is 3. The van der Waals surface area contributed by atoms with Crippen LogP contribution in [0.5, 0.6) is 0 Å². The number of hydrogen-bond acceptors (Lipinski definition) is 5. The molecular weight excluding hydrogens is 446 g/mol. The highest BCUT2D eigenvalue weighted by Gasteiger charge is 2.31. The van der Waals surface area contributed by atoms with Crippen molar-refractivity contribution in [3.05, 3.63) is 59.7 Å². The Morgan fingerprint density at radius 3 is 2.03 bits per heavy atom. The van der Waals surface area contributed by atoms with Crippen LogP contribution < -0.4 is 10.6 Å². The number of hydrogen-bond donors (Lipinski definition) is 3. The van der Waals surface area contributed by atoms with Crippen molar-refractivity contribution in [2.75, 3.05) is 27.2 Å².